The summed E-state index contributed by atoms with van der Waals surface area (Å²) in [6.45, 7) is 0. The summed E-state index contributed by atoms with van der Waals surface area (Å²) in [6.07, 6.45) is 0. The molecule has 1 atom stereocenters. The van der Waals surface area contributed by atoms with Crippen LogP contribution in [0.25, 0.3) is 0 Å². The van der Waals surface area contributed by atoms with Gasteiger partial charge < -0.3 is 5.32 Å². The highest BCUT2D eigenvalue weighted by atomic mass is 32.2. The monoisotopic (exact) mass is 165 g/mol. The van der Waals surface area contributed by atoms with E-state index in [2.05, 4.69) is 35.6 Å². The van der Waals surface area contributed by atoms with Gasteiger partial charge in [-0.3, -0.25) is 0 Å². The van der Waals surface area contributed by atoms with Gasteiger partial charge >= 0.3 is 0 Å². The van der Waals surface area contributed by atoms with Crippen molar-refractivity contribution in [2.24, 2.45) is 0 Å². The lowest BCUT2D eigenvalue weighted by Gasteiger charge is -2.07. The molecule has 2 heteroatoms. The van der Waals surface area contributed by atoms with Gasteiger partial charge in [0.15, 0.2) is 0 Å². The second kappa shape index (κ2) is 3.28. The Bertz CT molecular complexity index is 216. The lowest BCUT2D eigenvalue weighted by atomic mass is 10.1. The molecule has 1 N–H and O–H groups in total. The van der Waals surface area contributed by atoms with Gasteiger partial charge in [-0.15, -0.1) is 11.8 Å². The van der Waals surface area contributed by atoms with Gasteiger partial charge in [0.05, 0.1) is 0 Å². The van der Waals surface area contributed by atoms with Gasteiger partial charge in [-0.25, -0.2) is 0 Å². The van der Waals surface area contributed by atoms with Crippen LogP contribution in [-0.4, -0.2) is 11.6 Å². The van der Waals surface area contributed by atoms with Crippen LogP contribution in [0.1, 0.15) is 11.6 Å². The topological polar surface area (TPSA) is 12.0 Å². The van der Waals surface area contributed by atoms with Gasteiger partial charge in [-0.1, -0.05) is 30.3 Å². The van der Waals surface area contributed by atoms with E-state index in [9.17, 15) is 0 Å². The second-order valence-corrected chi connectivity index (χ2v) is 3.71. The van der Waals surface area contributed by atoms with Crippen LogP contribution in [0, 0.1) is 0 Å². The lowest BCUT2D eigenvalue weighted by Crippen LogP contribution is -2.14. The number of nitrogens with one attached hydrogen (secondary N) is 1. The minimum Gasteiger partial charge on any atom is -0.300 e. The summed E-state index contributed by atoms with van der Waals surface area (Å²) >= 11 is 1.97. The zero-order valence-electron chi connectivity index (χ0n) is 6.29. The molecule has 1 nitrogen and oxygen atoms in total. The molecule has 1 aromatic rings. The summed E-state index contributed by atoms with van der Waals surface area (Å²) in [7, 11) is 0. The average molecular weight is 165 g/mol. The average Bonchev–Trinajstić information content (AvgIpc) is 2.58. The van der Waals surface area contributed by atoms with E-state index in [1.165, 1.54) is 11.3 Å². The van der Waals surface area contributed by atoms with Gasteiger partial charge in [0, 0.05) is 17.7 Å². The summed E-state index contributed by atoms with van der Waals surface area (Å²) in [6, 6.07) is 11.2. The first kappa shape index (κ1) is 7.19. The molecule has 0 unspecified atom stereocenters. The molecular weight excluding hydrogens is 154 g/mol. The minimum absolute atomic E-state index is 0.584. The first-order chi connectivity index (χ1) is 5.47. The lowest BCUT2D eigenvalue weighted by molar-refractivity contribution is 0.677. The van der Waals surface area contributed by atoms with Crippen molar-refractivity contribution in [2.75, 3.05) is 11.6 Å². The van der Waals surface area contributed by atoms with E-state index < -0.39 is 0 Å². The highest BCUT2D eigenvalue weighted by molar-refractivity contribution is 7.99. The highest BCUT2D eigenvalue weighted by Crippen LogP contribution is 2.23. The van der Waals surface area contributed by atoms with Crippen molar-refractivity contribution >= 4 is 11.8 Å². The van der Waals surface area contributed by atoms with Gasteiger partial charge in [0.1, 0.15) is 0 Å². The van der Waals surface area contributed by atoms with Gasteiger partial charge in [0.2, 0.25) is 0 Å². The van der Waals surface area contributed by atoms with Crippen molar-refractivity contribution < 1.29 is 0 Å². The SMILES string of the molecule is c1ccc([C@@H]2CSCN2)cc1. The predicted molar refractivity (Wildman–Crippen MR) is 49.6 cm³/mol. The van der Waals surface area contributed by atoms with Gasteiger partial charge in [-0.05, 0) is 5.56 Å². The molecule has 58 valence electrons. The summed E-state index contributed by atoms with van der Waals surface area (Å²) < 4.78 is 0. The summed E-state index contributed by atoms with van der Waals surface area (Å²) in [5.41, 5.74) is 1.41. The molecule has 0 radical (unpaired) electrons. The Labute approximate surface area is 71.2 Å². The highest BCUT2D eigenvalue weighted by Gasteiger charge is 2.15. The van der Waals surface area contributed by atoms with Crippen molar-refractivity contribution in [3.05, 3.63) is 35.9 Å². The largest absolute Gasteiger partial charge is 0.300 e. The van der Waals surface area contributed by atoms with Crippen LogP contribution < -0.4 is 5.32 Å². The Kier molecular flexibility index (Phi) is 2.15. The first-order valence-electron chi connectivity index (χ1n) is 3.83. The molecular formula is C9H11NS. The van der Waals surface area contributed by atoms with Crippen molar-refractivity contribution in [2.45, 2.75) is 6.04 Å². The quantitative estimate of drug-likeness (QED) is 0.683. The molecule has 1 saturated heterocycles. The zero-order valence-corrected chi connectivity index (χ0v) is 7.10. The molecule has 0 aromatic heterocycles. The smallest absolute Gasteiger partial charge is 0.0423 e. The number of benzene rings is 1. The fourth-order valence-electron chi connectivity index (χ4n) is 1.29. The number of hydrogen-bond donors (Lipinski definition) is 1. The molecule has 1 heterocycles. The van der Waals surface area contributed by atoms with Crippen molar-refractivity contribution in [1.29, 1.82) is 0 Å². The van der Waals surface area contributed by atoms with Crippen molar-refractivity contribution in [3.63, 3.8) is 0 Å². The summed E-state index contributed by atoms with van der Waals surface area (Å²) in [5, 5.41) is 3.44. The van der Waals surface area contributed by atoms with E-state index >= 15 is 0 Å². The van der Waals surface area contributed by atoms with Crippen molar-refractivity contribution in [1.82, 2.24) is 5.32 Å². The zero-order chi connectivity index (χ0) is 7.52. The molecule has 11 heavy (non-hydrogen) atoms. The predicted octanol–water partition coefficient (Wildman–Crippen LogP) is 2.02. The van der Waals surface area contributed by atoms with Crippen LogP contribution in [0.15, 0.2) is 30.3 Å². The Balaban J connectivity index is 2.16. The third-order valence-corrected chi connectivity index (χ3v) is 2.86. The maximum Gasteiger partial charge on any atom is 0.0423 e. The van der Waals surface area contributed by atoms with Crippen LogP contribution in [0.3, 0.4) is 0 Å². The molecule has 1 aliphatic heterocycles. The van der Waals surface area contributed by atoms with E-state index in [1.807, 2.05) is 11.8 Å². The van der Waals surface area contributed by atoms with E-state index in [4.69, 9.17) is 0 Å². The van der Waals surface area contributed by atoms with Crippen LogP contribution in [-0.2, 0) is 0 Å². The summed E-state index contributed by atoms with van der Waals surface area (Å²) in [4.78, 5) is 0. The van der Waals surface area contributed by atoms with Crippen LogP contribution in [0.2, 0.25) is 0 Å². The van der Waals surface area contributed by atoms with Crippen LogP contribution in [0.5, 0.6) is 0 Å². The summed E-state index contributed by atoms with van der Waals surface area (Å²) in [5.74, 6) is 2.31. The normalized spacial score (nSPS) is 23.8. The third kappa shape index (κ3) is 1.57. The van der Waals surface area contributed by atoms with Crippen LogP contribution in [0.4, 0.5) is 0 Å². The first-order valence-corrected chi connectivity index (χ1v) is 4.98. The third-order valence-electron chi connectivity index (χ3n) is 1.92. The molecule has 0 spiro atoms. The Hall–Kier alpha value is -0.470. The van der Waals surface area contributed by atoms with Crippen molar-refractivity contribution in [3.8, 4) is 0 Å². The minimum atomic E-state index is 0.584. The molecule has 0 amide bonds. The number of rotatable bonds is 1. The van der Waals surface area contributed by atoms with Gasteiger partial charge in [-0.2, -0.15) is 0 Å². The van der Waals surface area contributed by atoms with E-state index in [1.54, 1.807) is 0 Å². The molecule has 0 bridgehead atoms. The standard InChI is InChI=1S/C9H11NS/c1-2-4-8(5-3-1)9-6-11-7-10-9/h1-5,9-10H,6-7H2/t9-/m0/s1. The molecule has 1 aromatic carbocycles. The molecule has 0 aliphatic carbocycles. The van der Waals surface area contributed by atoms with E-state index in [0.29, 0.717) is 6.04 Å². The van der Waals surface area contributed by atoms with E-state index in [0.717, 1.165) is 5.88 Å². The number of thioether (sulfide) groups is 1. The second-order valence-electron chi connectivity index (χ2n) is 2.68. The number of hydrogen-bond acceptors (Lipinski definition) is 2. The Morgan fingerprint density at radius 3 is 2.73 bits per heavy atom. The molecule has 1 aliphatic rings. The Morgan fingerprint density at radius 2 is 2.09 bits per heavy atom. The fraction of sp³-hybridized carbons (Fsp3) is 0.333. The van der Waals surface area contributed by atoms with Crippen LogP contribution >= 0.6 is 11.8 Å². The van der Waals surface area contributed by atoms with Gasteiger partial charge in [0.25, 0.3) is 0 Å². The molecule has 0 saturated carbocycles. The molecule has 1 fully saturated rings. The maximum absolute atomic E-state index is 3.44. The molecule has 2 rings (SSSR count). The maximum atomic E-state index is 3.44. The fourth-order valence-corrected chi connectivity index (χ4v) is 2.28. The Morgan fingerprint density at radius 1 is 1.27 bits per heavy atom. The van der Waals surface area contributed by atoms with E-state index in [-0.39, 0.29) is 0 Å².